The lowest BCUT2D eigenvalue weighted by Crippen LogP contribution is -2.22. The van der Waals surface area contributed by atoms with Crippen molar-refractivity contribution >= 4 is 5.97 Å². The molecular weight excluding hydrogens is 182 g/mol. The van der Waals surface area contributed by atoms with Gasteiger partial charge in [0.1, 0.15) is 0 Å². The molecule has 1 rings (SSSR count). The summed E-state index contributed by atoms with van der Waals surface area (Å²) < 4.78 is 0. The van der Waals surface area contributed by atoms with E-state index in [2.05, 4.69) is 5.32 Å². The summed E-state index contributed by atoms with van der Waals surface area (Å²) in [7, 11) is 0. The van der Waals surface area contributed by atoms with E-state index in [1.807, 2.05) is 0 Å². The molecule has 3 N–H and O–H groups in total. The zero-order chi connectivity index (χ0) is 10.4. The number of rotatable bonds is 4. The molecule has 1 saturated heterocycles. The normalized spacial score (nSPS) is 25.4. The fourth-order valence-corrected chi connectivity index (χ4v) is 1.98. The Morgan fingerprint density at radius 1 is 1.43 bits per heavy atom. The van der Waals surface area contributed by atoms with Crippen LogP contribution in [-0.4, -0.2) is 35.9 Å². The molecule has 2 atom stereocenters. The Morgan fingerprint density at radius 3 is 2.86 bits per heavy atom. The average molecular weight is 201 g/mol. The molecule has 4 nitrogen and oxygen atoms in total. The molecule has 1 aliphatic rings. The third-order valence-corrected chi connectivity index (χ3v) is 2.88. The van der Waals surface area contributed by atoms with E-state index in [1.165, 1.54) is 0 Å². The number of carboxylic acids is 1. The van der Waals surface area contributed by atoms with E-state index in [0.29, 0.717) is 12.3 Å². The maximum Gasteiger partial charge on any atom is 0.308 e. The molecule has 0 saturated carbocycles. The van der Waals surface area contributed by atoms with Crippen LogP contribution in [-0.2, 0) is 4.79 Å². The van der Waals surface area contributed by atoms with Gasteiger partial charge in [0, 0.05) is 0 Å². The number of carbonyl (C=O) groups is 1. The smallest absolute Gasteiger partial charge is 0.308 e. The number of nitrogens with one attached hydrogen (secondary N) is 1. The van der Waals surface area contributed by atoms with Gasteiger partial charge >= 0.3 is 5.97 Å². The van der Waals surface area contributed by atoms with Gasteiger partial charge < -0.3 is 15.5 Å². The van der Waals surface area contributed by atoms with E-state index in [-0.39, 0.29) is 6.61 Å². The number of aliphatic hydroxyl groups is 1. The van der Waals surface area contributed by atoms with Crippen LogP contribution in [0.1, 0.15) is 25.7 Å². The van der Waals surface area contributed by atoms with Crippen LogP contribution in [0.3, 0.4) is 0 Å². The SMILES string of the molecule is O=C(O)C(CO)CC1CCCNCC1. The van der Waals surface area contributed by atoms with Crippen LogP contribution < -0.4 is 5.32 Å². The molecule has 0 amide bonds. The van der Waals surface area contributed by atoms with Gasteiger partial charge in [0.05, 0.1) is 12.5 Å². The number of aliphatic hydroxyl groups excluding tert-OH is 1. The summed E-state index contributed by atoms with van der Waals surface area (Å²) in [5.41, 5.74) is 0. The summed E-state index contributed by atoms with van der Waals surface area (Å²) >= 11 is 0. The lowest BCUT2D eigenvalue weighted by atomic mass is 9.89. The highest BCUT2D eigenvalue weighted by molar-refractivity contribution is 5.70. The largest absolute Gasteiger partial charge is 0.481 e. The maximum absolute atomic E-state index is 10.7. The van der Waals surface area contributed by atoms with Gasteiger partial charge in [-0.3, -0.25) is 4.79 Å². The van der Waals surface area contributed by atoms with Gasteiger partial charge in [0.2, 0.25) is 0 Å². The predicted molar refractivity (Wildman–Crippen MR) is 53.0 cm³/mol. The van der Waals surface area contributed by atoms with Crippen molar-refractivity contribution in [3.63, 3.8) is 0 Å². The molecule has 0 aromatic carbocycles. The topological polar surface area (TPSA) is 69.6 Å². The molecule has 1 heterocycles. The zero-order valence-electron chi connectivity index (χ0n) is 8.41. The van der Waals surface area contributed by atoms with E-state index in [4.69, 9.17) is 10.2 Å². The third-order valence-electron chi connectivity index (χ3n) is 2.88. The highest BCUT2D eigenvalue weighted by Crippen LogP contribution is 2.22. The molecule has 2 unspecified atom stereocenters. The first-order valence-corrected chi connectivity index (χ1v) is 5.28. The molecule has 0 aromatic heterocycles. The summed E-state index contributed by atoms with van der Waals surface area (Å²) in [4.78, 5) is 10.7. The first-order chi connectivity index (χ1) is 6.74. The number of hydrogen-bond donors (Lipinski definition) is 3. The number of aliphatic carboxylic acids is 1. The molecule has 0 bridgehead atoms. The van der Waals surface area contributed by atoms with Crippen LogP contribution in [0.5, 0.6) is 0 Å². The monoisotopic (exact) mass is 201 g/mol. The first kappa shape index (κ1) is 11.5. The van der Waals surface area contributed by atoms with Crippen molar-refractivity contribution in [1.82, 2.24) is 5.32 Å². The summed E-state index contributed by atoms with van der Waals surface area (Å²) in [5, 5.41) is 21.0. The van der Waals surface area contributed by atoms with Gasteiger partial charge in [-0.1, -0.05) is 0 Å². The van der Waals surface area contributed by atoms with Gasteiger partial charge in [-0.25, -0.2) is 0 Å². The van der Waals surface area contributed by atoms with E-state index < -0.39 is 11.9 Å². The first-order valence-electron chi connectivity index (χ1n) is 5.28. The van der Waals surface area contributed by atoms with Gasteiger partial charge in [0.25, 0.3) is 0 Å². The summed E-state index contributed by atoms with van der Waals surface area (Å²) in [6, 6.07) is 0. The van der Waals surface area contributed by atoms with E-state index in [0.717, 1.165) is 32.4 Å². The van der Waals surface area contributed by atoms with Gasteiger partial charge in [0.15, 0.2) is 0 Å². The molecule has 0 aliphatic carbocycles. The summed E-state index contributed by atoms with van der Waals surface area (Å²) in [6.45, 7) is 1.77. The molecule has 14 heavy (non-hydrogen) atoms. The summed E-state index contributed by atoms with van der Waals surface area (Å²) in [6.07, 6.45) is 3.84. The Morgan fingerprint density at radius 2 is 2.21 bits per heavy atom. The molecule has 1 fully saturated rings. The fourth-order valence-electron chi connectivity index (χ4n) is 1.98. The Kier molecular flexibility index (Phi) is 4.90. The molecule has 0 spiro atoms. The van der Waals surface area contributed by atoms with Crippen molar-refractivity contribution in [2.24, 2.45) is 11.8 Å². The van der Waals surface area contributed by atoms with Crippen LogP contribution in [0.4, 0.5) is 0 Å². The van der Waals surface area contributed by atoms with Crippen molar-refractivity contribution in [3.05, 3.63) is 0 Å². The lowest BCUT2D eigenvalue weighted by Gasteiger charge is -2.17. The van der Waals surface area contributed by atoms with E-state index in [1.54, 1.807) is 0 Å². The molecule has 1 aliphatic heterocycles. The van der Waals surface area contributed by atoms with Crippen LogP contribution >= 0.6 is 0 Å². The van der Waals surface area contributed by atoms with Gasteiger partial charge in [-0.15, -0.1) is 0 Å². The maximum atomic E-state index is 10.7. The highest BCUT2D eigenvalue weighted by Gasteiger charge is 2.22. The Bertz CT molecular complexity index is 176. The second kappa shape index (κ2) is 5.98. The second-order valence-corrected chi connectivity index (χ2v) is 4.00. The quantitative estimate of drug-likeness (QED) is 0.618. The van der Waals surface area contributed by atoms with Crippen LogP contribution in [0.2, 0.25) is 0 Å². The molecular formula is C10H19NO3. The average Bonchev–Trinajstić information content (AvgIpc) is 2.41. The number of carboxylic acid groups (broad SMARTS) is 1. The van der Waals surface area contributed by atoms with E-state index >= 15 is 0 Å². The van der Waals surface area contributed by atoms with Crippen molar-refractivity contribution in [1.29, 1.82) is 0 Å². The predicted octanol–water partition coefficient (Wildman–Crippen LogP) is 0.459. The Hall–Kier alpha value is -0.610. The fraction of sp³-hybridized carbons (Fsp3) is 0.900. The van der Waals surface area contributed by atoms with Gasteiger partial charge in [-0.05, 0) is 44.7 Å². The van der Waals surface area contributed by atoms with Crippen molar-refractivity contribution < 1.29 is 15.0 Å². The Labute approximate surface area is 84.3 Å². The van der Waals surface area contributed by atoms with Crippen LogP contribution in [0, 0.1) is 11.8 Å². The van der Waals surface area contributed by atoms with Crippen molar-refractivity contribution in [3.8, 4) is 0 Å². The Balaban J connectivity index is 2.35. The third kappa shape index (κ3) is 3.64. The van der Waals surface area contributed by atoms with Crippen molar-refractivity contribution in [2.75, 3.05) is 19.7 Å². The van der Waals surface area contributed by atoms with Gasteiger partial charge in [-0.2, -0.15) is 0 Å². The van der Waals surface area contributed by atoms with E-state index in [9.17, 15) is 4.79 Å². The standard InChI is InChI=1S/C10H19NO3/c12-7-9(10(13)14)6-8-2-1-4-11-5-3-8/h8-9,11-12H,1-7H2,(H,13,14). The van der Waals surface area contributed by atoms with Crippen LogP contribution in [0.25, 0.3) is 0 Å². The zero-order valence-corrected chi connectivity index (χ0v) is 8.41. The number of hydrogen-bond acceptors (Lipinski definition) is 3. The second-order valence-electron chi connectivity index (χ2n) is 4.00. The summed E-state index contributed by atoms with van der Waals surface area (Å²) in [5.74, 6) is -0.985. The molecule has 0 aromatic rings. The minimum absolute atomic E-state index is 0.237. The molecule has 0 radical (unpaired) electrons. The molecule has 82 valence electrons. The lowest BCUT2D eigenvalue weighted by molar-refractivity contribution is -0.143. The van der Waals surface area contributed by atoms with Crippen LogP contribution in [0.15, 0.2) is 0 Å². The minimum Gasteiger partial charge on any atom is -0.481 e. The van der Waals surface area contributed by atoms with Crippen molar-refractivity contribution in [2.45, 2.75) is 25.7 Å². The molecule has 4 heteroatoms. The highest BCUT2D eigenvalue weighted by atomic mass is 16.4. The minimum atomic E-state index is -0.871.